The van der Waals surface area contributed by atoms with Crippen molar-refractivity contribution in [2.45, 2.75) is 72.6 Å². The van der Waals surface area contributed by atoms with Crippen LogP contribution in [0.3, 0.4) is 0 Å². The molecule has 0 spiro atoms. The summed E-state index contributed by atoms with van der Waals surface area (Å²) in [6.07, 6.45) is 5.23. The first-order valence-corrected chi connectivity index (χ1v) is 12.6. The minimum absolute atomic E-state index is 0.147. The minimum Gasteiger partial charge on any atom is -0.381 e. The average molecular weight is 522 g/mol. The summed E-state index contributed by atoms with van der Waals surface area (Å²) in [7, 11) is 0. The van der Waals surface area contributed by atoms with Crippen molar-refractivity contribution < 1.29 is 22.4 Å². The fraction of sp³-hybridized carbons (Fsp3) is 0.483. The summed E-state index contributed by atoms with van der Waals surface area (Å²) < 4.78 is 43.3. The number of benzene rings is 1. The molecule has 0 bridgehead atoms. The lowest BCUT2D eigenvalue weighted by atomic mass is 9.84. The van der Waals surface area contributed by atoms with E-state index in [1.807, 2.05) is 26.1 Å². The predicted octanol–water partition coefficient (Wildman–Crippen LogP) is 6.69. The summed E-state index contributed by atoms with van der Waals surface area (Å²) >= 11 is 0. The van der Waals surface area contributed by atoms with E-state index < -0.39 is 6.68 Å². The van der Waals surface area contributed by atoms with Gasteiger partial charge in [0, 0.05) is 48.6 Å². The number of carbonyl (C=O) groups excluding carboxylic acids is 1. The van der Waals surface area contributed by atoms with E-state index in [0.29, 0.717) is 36.7 Å². The molecule has 1 fully saturated rings. The Morgan fingerprint density at radius 2 is 1.86 bits per heavy atom. The van der Waals surface area contributed by atoms with Gasteiger partial charge in [-0.1, -0.05) is 39.1 Å². The standard InChI is InChI=1S/C28H38FN3O.CHF3/c1-17-9-10-23(26(29)12-17)15-31-22(6)25-16-32-11-7-8-24(30)13-18(2)19(3)14-27(33)28(32)21(5)20(25)4;2-1(3)4/h9-10,12,16,18-19,24,31H,4,6-8,11,13-15,30H2,1-3,5H3;1H. The number of nitrogens with zero attached hydrogens (tertiary/aromatic N) is 1. The molecule has 4 nitrogen and oxygen atoms in total. The van der Waals surface area contributed by atoms with E-state index in [4.69, 9.17) is 5.73 Å². The van der Waals surface area contributed by atoms with Crippen LogP contribution in [0.2, 0.25) is 0 Å². The van der Waals surface area contributed by atoms with Crippen molar-refractivity contribution in [2.24, 2.45) is 17.6 Å². The zero-order valence-corrected chi connectivity index (χ0v) is 22.2. The lowest BCUT2D eigenvalue weighted by Gasteiger charge is -2.33. The molecule has 2 aliphatic heterocycles. The second kappa shape index (κ2) is 13.6. The smallest absolute Gasteiger partial charge is 0.379 e. The number of Topliss-reactive ketones (excluding diaryl/α,β-unsaturated/α-hetero) is 1. The van der Waals surface area contributed by atoms with Gasteiger partial charge in [-0.05, 0) is 67.7 Å². The Morgan fingerprint density at radius 3 is 2.49 bits per heavy atom. The molecule has 0 saturated carbocycles. The van der Waals surface area contributed by atoms with Gasteiger partial charge in [0.05, 0.1) is 5.70 Å². The first-order chi connectivity index (χ1) is 17.3. The molecule has 1 saturated heterocycles. The Labute approximate surface area is 218 Å². The third-order valence-corrected chi connectivity index (χ3v) is 7.12. The molecular weight excluding hydrogens is 482 g/mol. The maximum Gasteiger partial charge on any atom is 0.379 e. The highest BCUT2D eigenvalue weighted by Gasteiger charge is 2.30. The van der Waals surface area contributed by atoms with E-state index in [9.17, 15) is 22.4 Å². The number of hydrogen-bond donors (Lipinski definition) is 2. The molecule has 0 amide bonds. The minimum atomic E-state index is -3.67. The number of allylic oxidation sites excluding steroid dienone is 3. The van der Waals surface area contributed by atoms with Gasteiger partial charge in [0.15, 0.2) is 5.78 Å². The average Bonchev–Trinajstić information content (AvgIpc) is 2.81. The van der Waals surface area contributed by atoms with Crippen molar-refractivity contribution in [3.8, 4) is 0 Å². The molecule has 204 valence electrons. The second-order valence-electron chi connectivity index (χ2n) is 10.1. The monoisotopic (exact) mass is 521 g/mol. The number of halogens is 4. The maximum atomic E-state index is 14.3. The molecule has 37 heavy (non-hydrogen) atoms. The number of carbonyl (C=O) groups is 1. The number of nitrogens with two attached hydrogens (primary N) is 1. The Balaban J connectivity index is 0.00000112. The van der Waals surface area contributed by atoms with Crippen LogP contribution in [0.1, 0.15) is 57.6 Å². The van der Waals surface area contributed by atoms with Crippen LogP contribution < -0.4 is 11.1 Å². The molecular formula is C29H39F4N3O. The molecule has 3 rings (SSSR count). The predicted molar refractivity (Wildman–Crippen MR) is 141 cm³/mol. The van der Waals surface area contributed by atoms with Crippen LogP contribution in [-0.2, 0) is 11.3 Å². The largest absolute Gasteiger partial charge is 0.381 e. The van der Waals surface area contributed by atoms with Crippen LogP contribution in [0, 0.1) is 24.6 Å². The summed E-state index contributed by atoms with van der Waals surface area (Å²) in [5.41, 5.74) is 11.7. The lowest BCUT2D eigenvalue weighted by Crippen LogP contribution is -2.31. The van der Waals surface area contributed by atoms with Crippen LogP contribution in [0.4, 0.5) is 17.6 Å². The van der Waals surface area contributed by atoms with E-state index >= 15 is 0 Å². The Morgan fingerprint density at radius 1 is 1.22 bits per heavy atom. The highest BCUT2D eigenvalue weighted by Crippen LogP contribution is 2.35. The highest BCUT2D eigenvalue weighted by atomic mass is 19.4. The molecule has 3 atom stereocenters. The van der Waals surface area contributed by atoms with Crippen molar-refractivity contribution in [1.82, 2.24) is 10.2 Å². The molecule has 3 unspecified atom stereocenters. The third kappa shape index (κ3) is 8.59. The van der Waals surface area contributed by atoms with E-state index in [-0.39, 0.29) is 23.6 Å². The molecule has 2 aliphatic rings. The fourth-order valence-corrected chi connectivity index (χ4v) is 4.70. The van der Waals surface area contributed by atoms with E-state index in [1.165, 1.54) is 6.07 Å². The zero-order valence-electron chi connectivity index (χ0n) is 22.2. The van der Waals surface area contributed by atoms with Crippen molar-refractivity contribution in [1.29, 1.82) is 0 Å². The van der Waals surface area contributed by atoms with Gasteiger partial charge in [-0.3, -0.25) is 4.79 Å². The number of rotatable bonds is 4. The SMILES string of the molecule is C=C(NCc1ccc(C)cc1F)C1=CN2CCCC(N)CC(C)C(C)CC(=O)C2=C(C)C1=C.FC(F)F. The van der Waals surface area contributed by atoms with Gasteiger partial charge in [-0.15, -0.1) is 0 Å². The van der Waals surface area contributed by atoms with Gasteiger partial charge < -0.3 is 16.0 Å². The number of nitrogens with one attached hydrogen (secondary N) is 1. The molecule has 8 heteroatoms. The second-order valence-corrected chi connectivity index (χ2v) is 10.1. The van der Waals surface area contributed by atoms with Gasteiger partial charge in [-0.25, -0.2) is 4.39 Å². The summed E-state index contributed by atoms with van der Waals surface area (Å²) in [5.74, 6) is 0.588. The number of hydrogen-bond acceptors (Lipinski definition) is 4. The molecule has 0 aromatic heterocycles. The molecule has 1 aromatic rings. The first-order valence-electron chi connectivity index (χ1n) is 12.6. The van der Waals surface area contributed by atoms with Crippen LogP contribution in [0.15, 0.2) is 65.7 Å². The fourth-order valence-electron chi connectivity index (χ4n) is 4.70. The van der Waals surface area contributed by atoms with E-state index in [1.54, 1.807) is 6.07 Å². The van der Waals surface area contributed by atoms with Crippen LogP contribution in [0.25, 0.3) is 0 Å². The normalized spacial score (nSPS) is 23.0. The number of alkyl halides is 3. The summed E-state index contributed by atoms with van der Waals surface area (Å²) in [5, 5.41) is 3.25. The molecule has 0 radical (unpaired) electrons. The highest BCUT2D eigenvalue weighted by molar-refractivity contribution is 5.97. The molecule has 0 aliphatic carbocycles. The summed E-state index contributed by atoms with van der Waals surface area (Å²) in [4.78, 5) is 15.4. The van der Waals surface area contributed by atoms with Crippen LogP contribution in [-0.4, -0.2) is 29.9 Å². The number of ketones is 1. The van der Waals surface area contributed by atoms with Gasteiger partial charge >= 0.3 is 6.68 Å². The third-order valence-electron chi connectivity index (χ3n) is 7.12. The topological polar surface area (TPSA) is 58.4 Å². The Bertz CT molecular complexity index is 1060. The lowest BCUT2D eigenvalue weighted by molar-refractivity contribution is -0.118. The van der Waals surface area contributed by atoms with Crippen molar-refractivity contribution in [3.05, 3.63) is 82.6 Å². The van der Waals surface area contributed by atoms with Gasteiger partial charge in [0.1, 0.15) is 5.82 Å². The molecule has 3 N–H and O–H groups in total. The quantitative estimate of drug-likeness (QED) is 0.434. The zero-order chi connectivity index (χ0) is 27.9. The Hall–Kier alpha value is -2.87. The van der Waals surface area contributed by atoms with Crippen LogP contribution in [0.5, 0.6) is 0 Å². The molecule has 1 aromatic carbocycles. The van der Waals surface area contributed by atoms with Crippen molar-refractivity contribution in [3.63, 3.8) is 0 Å². The summed E-state index contributed by atoms with van der Waals surface area (Å²) in [6, 6.07) is 5.36. The summed E-state index contributed by atoms with van der Waals surface area (Å²) in [6.45, 7) is 14.0. The molecule has 2 heterocycles. The first kappa shape index (κ1) is 30.4. The van der Waals surface area contributed by atoms with Crippen molar-refractivity contribution in [2.75, 3.05) is 6.54 Å². The van der Waals surface area contributed by atoms with E-state index in [2.05, 4.69) is 37.2 Å². The van der Waals surface area contributed by atoms with Crippen molar-refractivity contribution >= 4 is 5.78 Å². The number of fused-ring (bicyclic) bond motifs is 1. The maximum absolute atomic E-state index is 14.3. The van der Waals surface area contributed by atoms with Gasteiger partial charge in [0.2, 0.25) is 0 Å². The van der Waals surface area contributed by atoms with Gasteiger partial charge in [-0.2, -0.15) is 13.2 Å². The number of aryl methyl sites for hydroxylation is 1. The van der Waals surface area contributed by atoms with E-state index in [0.717, 1.165) is 47.2 Å². The van der Waals surface area contributed by atoms with Crippen LogP contribution >= 0.6 is 0 Å². The Kier molecular flexibility index (Phi) is 11.2. The van der Waals surface area contributed by atoms with Gasteiger partial charge in [0.25, 0.3) is 0 Å².